The summed E-state index contributed by atoms with van der Waals surface area (Å²) >= 11 is 0. The van der Waals surface area contributed by atoms with E-state index in [2.05, 4.69) is 51.2 Å². The molecule has 0 saturated carbocycles. The van der Waals surface area contributed by atoms with Gasteiger partial charge < -0.3 is 5.32 Å². The Morgan fingerprint density at radius 3 is 2.53 bits per heavy atom. The van der Waals surface area contributed by atoms with E-state index < -0.39 is 0 Å². The van der Waals surface area contributed by atoms with Gasteiger partial charge in [0.15, 0.2) is 0 Å². The largest absolute Gasteiger partial charge is 0.312 e. The molecule has 1 heteroatoms. The van der Waals surface area contributed by atoms with Crippen molar-refractivity contribution < 1.29 is 0 Å². The van der Waals surface area contributed by atoms with Crippen molar-refractivity contribution in [2.45, 2.75) is 40.7 Å². The van der Waals surface area contributed by atoms with Crippen molar-refractivity contribution in [1.29, 1.82) is 0 Å². The number of hydrogen-bond donors (Lipinski definition) is 1. The second-order valence-electron chi connectivity index (χ2n) is 4.56. The topological polar surface area (TPSA) is 12.0 Å². The van der Waals surface area contributed by atoms with Crippen LogP contribution in [0.1, 0.15) is 37.0 Å². The molecule has 1 nitrogen and oxygen atoms in total. The molecule has 0 aliphatic heterocycles. The maximum absolute atomic E-state index is 3.50. The number of rotatable bonds is 5. The summed E-state index contributed by atoms with van der Waals surface area (Å²) < 4.78 is 0. The first-order valence-corrected chi connectivity index (χ1v) is 5.90. The molecule has 0 spiro atoms. The van der Waals surface area contributed by atoms with Crippen molar-refractivity contribution in [2.75, 3.05) is 6.54 Å². The zero-order chi connectivity index (χ0) is 11.3. The summed E-state index contributed by atoms with van der Waals surface area (Å²) in [4.78, 5) is 0. The van der Waals surface area contributed by atoms with Crippen molar-refractivity contribution in [2.24, 2.45) is 5.92 Å². The Morgan fingerprint density at radius 2 is 1.93 bits per heavy atom. The Labute approximate surface area is 93.9 Å². The molecule has 1 atom stereocenters. The van der Waals surface area contributed by atoms with Gasteiger partial charge in [-0.25, -0.2) is 0 Å². The van der Waals surface area contributed by atoms with E-state index in [0.29, 0.717) is 0 Å². The summed E-state index contributed by atoms with van der Waals surface area (Å²) in [5.41, 5.74) is 4.15. The molecule has 0 radical (unpaired) electrons. The fourth-order valence-electron chi connectivity index (χ4n) is 1.52. The minimum absolute atomic E-state index is 0.775. The van der Waals surface area contributed by atoms with Crippen LogP contribution in [-0.2, 0) is 6.54 Å². The molecule has 1 N–H and O–H groups in total. The molecule has 0 amide bonds. The molecule has 0 aliphatic rings. The second kappa shape index (κ2) is 5.92. The van der Waals surface area contributed by atoms with Gasteiger partial charge in [-0.3, -0.25) is 0 Å². The van der Waals surface area contributed by atoms with Crippen LogP contribution in [0.15, 0.2) is 18.2 Å². The molecule has 0 fully saturated rings. The summed E-state index contributed by atoms with van der Waals surface area (Å²) in [5, 5.41) is 3.50. The quantitative estimate of drug-likeness (QED) is 0.776. The van der Waals surface area contributed by atoms with Gasteiger partial charge in [-0.05, 0) is 43.0 Å². The van der Waals surface area contributed by atoms with Gasteiger partial charge in [0.1, 0.15) is 0 Å². The lowest BCUT2D eigenvalue weighted by Gasteiger charge is -2.11. The number of benzene rings is 1. The molecule has 0 aromatic heterocycles. The summed E-state index contributed by atoms with van der Waals surface area (Å²) in [6.07, 6.45) is 1.25. The molecule has 1 unspecified atom stereocenters. The fourth-order valence-corrected chi connectivity index (χ4v) is 1.52. The van der Waals surface area contributed by atoms with E-state index in [1.807, 2.05) is 0 Å². The van der Waals surface area contributed by atoms with Crippen molar-refractivity contribution in [1.82, 2.24) is 5.32 Å². The van der Waals surface area contributed by atoms with Crippen LogP contribution in [0.2, 0.25) is 0 Å². The summed E-state index contributed by atoms with van der Waals surface area (Å²) in [6.45, 7) is 11.0. The highest BCUT2D eigenvalue weighted by Crippen LogP contribution is 2.09. The maximum Gasteiger partial charge on any atom is 0.0205 e. The van der Waals surface area contributed by atoms with E-state index in [4.69, 9.17) is 0 Å². The third-order valence-corrected chi connectivity index (χ3v) is 3.09. The normalized spacial score (nSPS) is 12.8. The predicted molar refractivity (Wildman–Crippen MR) is 67.1 cm³/mol. The molecular formula is C14H23N. The predicted octanol–water partition coefficient (Wildman–Crippen LogP) is 3.44. The van der Waals surface area contributed by atoms with Crippen molar-refractivity contribution in [3.8, 4) is 0 Å². The van der Waals surface area contributed by atoms with Crippen LogP contribution in [0.5, 0.6) is 0 Å². The molecule has 1 rings (SSSR count). The summed E-state index contributed by atoms with van der Waals surface area (Å²) in [7, 11) is 0. The highest BCUT2D eigenvalue weighted by molar-refractivity contribution is 5.29. The first-order valence-electron chi connectivity index (χ1n) is 5.90. The molecular weight excluding hydrogens is 182 g/mol. The lowest BCUT2D eigenvalue weighted by molar-refractivity contribution is 0.500. The van der Waals surface area contributed by atoms with E-state index in [1.54, 1.807) is 0 Å². The van der Waals surface area contributed by atoms with Crippen LogP contribution in [0, 0.1) is 19.8 Å². The van der Waals surface area contributed by atoms with E-state index in [1.165, 1.54) is 23.1 Å². The maximum atomic E-state index is 3.50. The summed E-state index contributed by atoms with van der Waals surface area (Å²) in [5.74, 6) is 0.775. The zero-order valence-electron chi connectivity index (χ0n) is 10.4. The highest BCUT2D eigenvalue weighted by Gasteiger charge is 1.99. The van der Waals surface area contributed by atoms with E-state index in [9.17, 15) is 0 Å². The molecule has 1 aromatic carbocycles. The van der Waals surface area contributed by atoms with Crippen LogP contribution in [0.25, 0.3) is 0 Å². The van der Waals surface area contributed by atoms with Gasteiger partial charge in [0, 0.05) is 6.54 Å². The molecule has 1 aromatic rings. The van der Waals surface area contributed by atoms with Gasteiger partial charge in [-0.1, -0.05) is 38.5 Å². The van der Waals surface area contributed by atoms with Crippen molar-refractivity contribution >= 4 is 0 Å². The third kappa shape index (κ3) is 4.05. The molecule has 0 bridgehead atoms. The average Bonchev–Trinajstić information content (AvgIpc) is 2.23. The second-order valence-corrected chi connectivity index (χ2v) is 4.56. The monoisotopic (exact) mass is 205 g/mol. The molecule has 84 valence electrons. The highest BCUT2D eigenvalue weighted by atomic mass is 14.8. The minimum Gasteiger partial charge on any atom is -0.312 e. The molecule has 0 aliphatic carbocycles. The van der Waals surface area contributed by atoms with Gasteiger partial charge in [-0.2, -0.15) is 0 Å². The number of nitrogens with one attached hydrogen (secondary N) is 1. The van der Waals surface area contributed by atoms with Crippen molar-refractivity contribution in [3.63, 3.8) is 0 Å². The minimum atomic E-state index is 0.775. The molecule has 15 heavy (non-hydrogen) atoms. The first-order chi connectivity index (χ1) is 7.13. The zero-order valence-corrected chi connectivity index (χ0v) is 10.4. The molecule has 0 heterocycles. The average molecular weight is 205 g/mol. The summed E-state index contributed by atoms with van der Waals surface area (Å²) in [6, 6.07) is 6.69. The van der Waals surface area contributed by atoms with Crippen LogP contribution >= 0.6 is 0 Å². The third-order valence-electron chi connectivity index (χ3n) is 3.09. The number of hydrogen-bond acceptors (Lipinski definition) is 1. The van der Waals surface area contributed by atoms with Gasteiger partial charge in [0.25, 0.3) is 0 Å². The van der Waals surface area contributed by atoms with E-state index in [-0.39, 0.29) is 0 Å². The smallest absolute Gasteiger partial charge is 0.0205 e. The van der Waals surface area contributed by atoms with Crippen LogP contribution in [0.4, 0.5) is 0 Å². The Kier molecular flexibility index (Phi) is 4.83. The Balaban J connectivity index is 2.41. The van der Waals surface area contributed by atoms with Crippen LogP contribution in [-0.4, -0.2) is 6.54 Å². The van der Waals surface area contributed by atoms with Gasteiger partial charge >= 0.3 is 0 Å². The van der Waals surface area contributed by atoms with Gasteiger partial charge in [0.05, 0.1) is 0 Å². The SMILES string of the molecule is CCC(C)CNCc1ccc(C)c(C)c1. The van der Waals surface area contributed by atoms with Gasteiger partial charge in [0.2, 0.25) is 0 Å². The lowest BCUT2D eigenvalue weighted by Crippen LogP contribution is -2.20. The van der Waals surface area contributed by atoms with E-state index >= 15 is 0 Å². The van der Waals surface area contributed by atoms with E-state index in [0.717, 1.165) is 19.0 Å². The number of aryl methyl sites for hydroxylation is 2. The fraction of sp³-hybridized carbons (Fsp3) is 0.571. The Hall–Kier alpha value is -0.820. The lowest BCUT2D eigenvalue weighted by atomic mass is 10.1. The standard InChI is InChI=1S/C14H23N/c1-5-11(2)9-15-10-14-7-6-12(3)13(4)8-14/h6-8,11,15H,5,9-10H2,1-4H3. The Bertz CT molecular complexity index is 304. The van der Waals surface area contributed by atoms with Crippen molar-refractivity contribution in [3.05, 3.63) is 34.9 Å². The first kappa shape index (κ1) is 12.3. The molecule has 0 saturated heterocycles. The Morgan fingerprint density at radius 1 is 1.20 bits per heavy atom. The van der Waals surface area contributed by atoms with Crippen LogP contribution in [0.3, 0.4) is 0 Å². The van der Waals surface area contributed by atoms with Crippen LogP contribution < -0.4 is 5.32 Å². The van der Waals surface area contributed by atoms with Gasteiger partial charge in [-0.15, -0.1) is 0 Å².